The lowest BCUT2D eigenvalue weighted by Crippen LogP contribution is -2.42. The highest BCUT2D eigenvalue weighted by molar-refractivity contribution is 7.12. The number of nitrogens with two attached hydrogens (primary N) is 1. The van der Waals surface area contributed by atoms with E-state index in [1.165, 1.54) is 11.3 Å². The average molecular weight is 278 g/mol. The summed E-state index contributed by atoms with van der Waals surface area (Å²) in [4.78, 5) is 4.63. The number of hydrogen-bond acceptors (Lipinski definition) is 4. The van der Waals surface area contributed by atoms with Gasteiger partial charge >= 0.3 is 0 Å². The molecule has 1 saturated carbocycles. The summed E-state index contributed by atoms with van der Waals surface area (Å²) in [5.41, 5.74) is 5.37. The number of rotatable bonds is 3. The highest BCUT2D eigenvalue weighted by atomic mass is 32.1. The number of likely N-dealkylation sites (N-methyl/N-ethyl adjacent to an activating group) is 1. The van der Waals surface area contributed by atoms with E-state index in [1.807, 2.05) is 6.07 Å². The molecule has 1 heterocycles. The van der Waals surface area contributed by atoms with E-state index in [4.69, 9.17) is 5.73 Å². The number of aliphatic hydroxyl groups is 1. The summed E-state index contributed by atoms with van der Waals surface area (Å²) in [6, 6.07) is 4.47. The van der Waals surface area contributed by atoms with Gasteiger partial charge in [-0.2, -0.15) is 0 Å². The van der Waals surface area contributed by atoms with Crippen molar-refractivity contribution in [2.75, 3.05) is 13.6 Å². The second kappa shape index (κ2) is 7.06. The SMILES string of the molecule is CN(Cc1ccc(C#CCN)s1)C1CCCCC1O. The lowest BCUT2D eigenvalue weighted by molar-refractivity contribution is 0.0292. The van der Waals surface area contributed by atoms with Gasteiger partial charge in [0.15, 0.2) is 0 Å². The van der Waals surface area contributed by atoms with Gasteiger partial charge in [-0.1, -0.05) is 24.7 Å². The average Bonchev–Trinajstić information content (AvgIpc) is 2.84. The van der Waals surface area contributed by atoms with Crippen LogP contribution in [0.3, 0.4) is 0 Å². The van der Waals surface area contributed by atoms with Crippen molar-refractivity contribution in [3.63, 3.8) is 0 Å². The first kappa shape index (κ1) is 14.5. The molecule has 19 heavy (non-hydrogen) atoms. The molecule has 4 heteroatoms. The molecule has 3 nitrogen and oxygen atoms in total. The van der Waals surface area contributed by atoms with Crippen LogP contribution < -0.4 is 5.73 Å². The molecule has 0 amide bonds. The Morgan fingerprint density at radius 3 is 2.95 bits per heavy atom. The molecule has 1 fully saturated rings. The van der Waals surface area contributed by atoms with Crippen LogP contribution in [-0.2, 0) is 6.54 Å². The molecule has 0 saturated heterocycles. The second-order valence-corrected chi connectivity index (χ2v) is 6.27. The Morgan fingerprint density at radius 1 is 1.42 bits per heavy atom. The third-order valence-electron chi connectivity index (χ3n) is 3.64. The van der Waals surface area contributed by atoms with E-state index < -0.39 is 0 Å². The molecule has 0 aromatic carbocycles. The van der Waals surface area contributed by atoms with Gasteiger partial charge in [0.05, 0.1) is 17.5 Å². The molecule has 0 bridgehead atoms. The quantitative estimate of drug-likeness (QED) is 0.829. The van der Waals surface area contributed by atoms with E-state index in [-0.39, 0.29) is 6.10 Å². The molecule has 104 valence electrons. The number of hydrogen-bond donors (Lipinski definition) is 2. The van der Waals surface area contributed by atoms with Crippen LogP contribution >= 0.6 is 11.3 Å². The molecule has 0 radical (unpaired) electrons. The second-order valence-electron chi connectivity index (χ2n) is 5.11. The van der Waals surface area contributed by atoms with Gasteiger partial charge in [-0.15, -0.1) is 11.3 Å². The fraction of sp³-hybridized carbons (Fsp3) is 0.600. The highest BCUT2D eigenvalue weighted by Crippen LogP contribution is 2.25. The van der Waals surface area contributed by atoms with Gasteiger partial charge in [0, 0.05) is 17.5 Å². The monoisotopic (exact) mass is 278 g/mol. The summed E-state index contributed by atoms with van der Waals surface area (Å²) in [5, 5.41) is 10.1. The fourth-order valence-electron chi connectivity index (χ4n) is 2.64. The Balaban J connectivity index is 1.94. The summed E-state index contributed by atoms with van der Waals surface area (Å²) < 4.78 is 0. The van der Waals surface area contributed by atoms with Crippen LogP contribution in [0.1, 0.15) is 35.4 Å². The maximum absolute atomic E-state index is 10.1. The van der Waals surface area contributed by atoms with Crippen molar-refractivity contribution in [2.24, 2.45) is 5.73 Å². The van der Waals surface area contributed by atoms with Crippen molar-refractivity contribution in [3.05, 3.63) is 21.9 Å². The van der Waals surface area contributed by atoms with Crippen LogP contribution in [0.15, 0.2) is 12.1 Å². The largest absolute Gasteiger partial charge is 0.391 e. The van der Waals surface area contributed by atoms with Crippen LogP contribution in [-0.4, -0.2) is 35.7 Å². The molecular formula is C15H22N2OS. The minimum Gasteiger partial charge on any atom is -0.391 e. The summed E-state index contributed by atoms with van der Waals surface area (Å²) in [5.74, 6) is 5.94. The van der Waals surface area contributed by atoms with Crippen molar-refractivity contribution in [3.8, 4) is 11.8 Å². The van der Waals surface area contributed by atoms with E-state index in [0.717, 1.165) is 30.7 Å². The third kappa shape index (κ3) is 4.05. The van der Waals surface area contributed by atoms with Crippen LogP contribution in [0, 0.1) is 11.8 Å². The number of aliphatic hydroxyl groups excluding tert-OH is 1. The van der Waals surface area contributed by atoms with E-state index in [2.05, 4.69) is 29.9 Å². The van der Waals surface area contributed by atoms with Gasteiger partial charge < -0.3 is 10.8 Å². The molecule has 1 aromatic rings. The standard InChI is InChI=1S/C15H22N2OS/c1-17(14-6-2-3-7-15(14)18)11-13-9-8-12(19-13)5-4-10-16/h8-9,14-15,18H,2-3,6-7,10-11,16H2,1H3. The smallest absolute Gasteiger partial charge is 0.0772 e. The van der Waals surface area contributed by atoms with E-state index in [0.29, 0.717) is 12.6 Å². The molecule has 2 atom stereocenters. The highest BCUT2D eigenvalue weighted by Gasteiger charge is 2.26. The molecule has 1 aliphatic rings. The van der Waals surface area contributed by atoms with E-state index in [9.17, 15) is 5.11 Å². The minimum absolute atomic E-state index is 0.171. The zero-order valence-corrected chi connectivity index (χ0v) is 12.2. The first-order valence-corrected chi connectivity index (χ1v) is 7.68. The Hall–Kier alpha value is -0.860. The minimum atomic E-state index is -0.171. The van der Waals surface area contributed by atoms with Crippen LogP contribution in [0.5, 0.6) is 0 Å². The zero-order chi connectivity index (χ0) is 13.7. The molecule has 1 aromatic heterocycles. The van der Waals surface area contributed by atoms with Gasteiger partial charge in [0.25, 0.3) is 0 Å². The fourth-order valence-corrected chi connectivity index (χ4v) is 3.58. The van der Waals surface area contributed by atoms with Gasteiger partial charge in [-0.05, 0) is 32.0 Å². The van der Waals surface area contributed by atoms with Gasteiger partial charge in [-0.3, -0.25) is 4.90 Å². The first-order chi connectivity index (χ1) is 9.20. The molecule has 3 N–H and O–H groups in total. The lowest BCUT2D eigenvalue weighted by Gasteiger charge is -2.34. The molecule has 1 aliphatic carbocycles. The van der Waals surface area contributed by atoms with Gasteiger partial charge in [-0.25, -0.2) is 0 Å². The first-order valence-electron chi connectivity index (χ1n) is 6.86. The number of thiophene rings is 1. The summed E-state index contributed by atoms with van der Waals surface area (Å²) in [6.45, 7) is 1.29. The summed E-state index contributed by atoms with van der Waals surface area (Å²) in [6.07, 6.45) is 4.25. The molecule has 2 unspecified atom stereocenters. The number of nitrogens with zero attached hydrogens (tertiary/aromatic N) is 1. The van der Waals surface area contributed by atoms with Gasteiger partial charge in [0.2, 0.25) is 0 Å². The van der Waals surface area contributed by atoms with Crippen molar-refractivity contribution in [1.82, 2.24) is 4.90 Å². The summed E-state index contributed by atoms with van der Waals surface area (Å²) >= 11 is 1.71. The van der Waals surface area contributed by atoms with Crippen molar-refractivity contribution in [1.29, 1.82) is 0 Å². The van der Waals surface area contributed by atoms with Crippen LogP contribution in [0.2, 0.25) is 0 Å². The molecule has 0 aliphatic heterocycles. The van der Waals surface area contributed by atoms with E-state index >= 15 is 0 Å². The zero-order valence-electron chi connectivity index (χ0n) is 11.4. The molecular weight excluding hydrogens is 256 g/mol. The predicted molar refractivity (Wildman–Crippen MR) is 80.0 cm³/mol. The van der Waals surface area contributed by atoms with Crippen molar-refractivity contribution >= 4 is 11.3 Å². The molecule has 0 spiro atoms. The molecule has 2 rings (SSSR count). The van der Waals surface area contributed by atoms with E-state index in [1.54, 1.807) is 11.3 Å². The maximum Gasteiger partial charge on any atom is 0.0772 e. The van der Waals surface area contributed by atoms with Crippen molar-refractivity contribution < 1.29 is 5.11 Å². The normalized spacial score (nSPS) is 23.2. The van der Waals surface area contributed by atoms with Crippen LogP contribution in [0.25, 0.3) is 0 Å². The predicted octanol–water partition coefficient (Wildman–Crippen LogP) is 1.79. The maximum atomic E-state index is 10.1. The Bertz CT molecular complexity index is 460. The van der Waals surface area contributed by atoms with Crippen molar-refractivity contribution in [2.45, 2.75) is 44.4 Å². The Labute approximate surface area is 119 Å². The lowest BCUT2D eigenvalue weighted by atomic mass is 9.91. The summed E-state index contributed by atoms with van der Waals surface area (Å²) in [7, 11) is 2.10. The Kier molecular flexibility index (Phi) is 5.41. The topological polar surface area (TPSA) is 49.5 Å². The Morgan fingerprint density at radius 2 is 2.21 bits per heavy atom. The third-order valence-corrected chi connectivity index (χ3v) is 4.63. The van der Waals surface area contributed by atoms with Crippen LogP contribution in [0.4, 0.5) is 0 Å². The van der Waals surface area contributed by atoms with Gasteiger partial charge in [0.1, 0.15) is 0 Å².